The Hall–Kier alpha value is -1.10. The van der Waals surface area contributed by atoms with Crippen LogP contribution >= 0.6 is 11.6 Å². The molecule has 4 nitrogen and oxygen atoms in total. The molecule has 0 spiro atoms. The maximum absolute atomic E-state index is 11.7. The zero-order valence-electron chi connectivity index (χ0n) is 8.90. The van der Waals surface area contributed by atoms with Crippen LogP contribution in [0.5, 0.6) is 0 Å². The highest BCUT2D eigenvalue weighted by Gasteiger charge is 2.12. The molecule has 1 aromatic rings. The minimum absolute atomic E-state index is 0.304. The smallest absolute Gasteiger partial charge is 0.251 e. The van der Waals surface area contributed by atoms with Gasteiger partial charge in [0.25, 0.3) is 5.91 Å². The van der Waals surface area contributed by atoms with E-state index in [1.807, 2.05) is 6.92 Å². The molecule has 3 N–H and O–H groups in total. The lowest BCUT2D eigenvalue weighted by Gasteiger charge is -2.13. The lowest BCUT2D eigenvalue weighted by molar-refractivity contribution is 0.0879. The second-order valence-corrected chi connectivity index (χ2v) is 3.99. The molecular weight excluding hydrogens is 230 g/mol. The molecule has 0 aliphatic heterocycles. The highest BCUT2D eigenvalue weighted by molar-refractivity contribution is 6.31. The van der Waals surface area contributed by atoms with E-state index in [-0.39, 0.29) is 19.1 Å². The van der Waals surface area contributed by atoms with Crippen LogP contribution in [-0.4, -0.2) is 35.4 Å². The van der Waals surface area contributed by atoms with Gasteiger partial charge in [-0.15, -0.1) is 0 Å². The fraction of sp³-hybridized carbons (Fsp3) is 0.364. The zero-order chi connectivity index (χ0) is 12.1. The Kier molecular flexibility index (Phi) is 4.73. The Balaban J connectivity index is 2.80. The van der Waals surface area contributed by atoms with Gasteiger partial charge in [0.05, 0.1) is 19.3 Å². The van der Waals surface area contributed by atoms with Crippen molar-refractivity contribution in [3.63, 3.8) is 0 Å². The molecule has 1 aromatic carbocycles. The molecule has 0 fully saturated rings. The second-order valence-electron chi connectivity index (χ2n) is 3.55. The van der Waals surface area contributed by atoms with E-state index in [1.165, 1.54) is 6.07 Å². The van der Waals surface area contributed by atoms with Crippen LogP contribution in [0, 0.1) is 6.92 Å². The predicted octanol–water partition coefficient (Wildman–Crippen LogP) is 0.731. The van der Waals surface area contributed by atoms with Crippen molar-refractivity contribution in [2.24, 2.45) is 0 Å². The van der Waals surface area contributed by atoms with Gasteiger partial charge in [0.1, 0.15) is 0 Å². The number of carbonyl (C=O) groups is 1. The largest absolute Gasteiger partial charge is 0.394 e. The van der Waals surface area contributed by atoms with Gasteiger partial charge in [-0.1, -0.05) is 11.6 Å². The molecule has 0 unspecified atom stereocenters. The number of hydrogen-bond acceptors (Lipinski definition) is 3. The van der Waals surface area contributed by atoms with E-state index in [9.17, 15) is 4.79 Å². The second kappa shape index (κ2) is 5.84. The number of benzene rings is 1. The van der Waals surface area contributed by atoms with E-state index in [1.54, 1.807) is 12.1 Å². The van der Waals surface area contributed by atoms with E-state index in [0.717, 1.165) is 5.56 Å². The summed E-state index contributed by atoms with van der Waals surface area (Å²) >= 11 is 5.82. The number of rotatable bonds is 4. The Bertz CT molecular complexity index is 357. The average molecular weight is 244 g/mol. The lowest BCUT2D eigenvalue weighted by atomic mass is 10.1. The fourth-order valence-corrected chi connectivity index (χ4v) is 1.57. The van der Waals surface area contributed by atoms with Gasteiger partial charge in [-0.25, -0.2) is 0 Å². The number of aryl methyl sites for hydroxylation is 1. The van der Waals surface area contributed by atoms with Gasteiger partial charge < -0.3 is 15.5 Å². The third-order valence-electron chi connectivity index (χ3n) is 2.08. The van der Waals surface area contributed by atoms with Crippen LogP contribution in [-0.2, 0) is 0 Å². The van der Waals surface area contributed by atoms with E-state index in [0.29, 0.717) is 10.6 Å². The SMILES string of the molecule is Cc1cc(Cl)cc(C(=O)NC(CO)CO)c1. The van der Waals surface area contributed by atoms with Gasteiger partial charge in [-0.3, -0.25) is 4.79 Å². The molecular formula is C11H14ClNO3. The van der Waals surface area contributed by atoms with Gasteiger partial charge in [-0.2, -0.15) is 0 Å². The number of nitrogens with one attached hydrogen (secondary N) is 1. The van der Waals surface area contributed by atoms with Crippen LogP contribution in [0.25, 0.3) is 0 Å². The van der Waals surface area contributed by atoms with Crippen molar-refractivity contribution in [3.05, 3.63) is 34.3 Å². The Morgan fingerprint density at radius 2 is 2.00 bits per heavy atom. The summed E-state index contributed by atoms with van der Waals surface area (Å²) in [5.74, 6) is -0.362. The number of halogens is 1. The Morgan fingerprint density at radius 3 is 2.50 bits per heavy atom. The number of aliphatic hydroxyl groups is 2. The van der Waals surface area contributed by atoms with Crippen molar-refractivity contribution in [2.45, 2.75) is 13.0 Å². The number of aliphatic hydroxyl groups excluding tert-OH is 2. The maximum Gasteiger partial charge on any atom is 0.251 e. The van der Waals surface area contributed by atoms with Crippen molar-refractivity contribution in [3.8, 4) is 0 Å². The first kappa shape index (κ1) is 13.0. The maximum atomic E-state index is 11.7. The van der Waals surface area contributed by atoms with E-state index in [4.69, 9.17) is 21.8 Å². The molecule has 0 aliphatic carbocycles. The van der Waals surface area contributed by atoms with E-state index in [2.05, 4.69) is 5.32 Å². The van der Waals surface area contributed by atoms with Crippen molar-refractivity contribution < 1.29 is 15.0 Å². The molecule has 1 amide bonds. The Labute approximate surface area is 98.9 Å². The van der Waals surface area contributed by atoms with Gasteiger partial charge in [0.2, 0.25) is 0 Å². The standard InChI is InChI=1S/C11H14ClNO3/c1-7-2-8(4-9(12)3-7)11(16)13-10(5-14)6-15/h2-4,10,14-15H,5-6H2,1H3,(H,13,16). The highest BCUT2D eigenvalue weighted by atomic mass is 35.5. The molecule has 0 aliphatic rings. The summed E-state index contributed by atoms with van der Waals surface area (Å²) in [4.78, 5) is 11.7. The predicted molar refractivity (Wildman–Crippen MR) is 61.6 cm³/mol. The minimum Gasteiger partial charge on any atom is -0.394 e. The van der Waals surface area contributed by atoms with E-state index >= 15 is 0 Å². The quantitative estimate of drug-likeness (QED) is 0.730. The first-order valence-corrected chi connectivity index (χ1v) is 5.24. The summed E-state index contributed by atoms with van der Waals surface area (Å²) in [5.41, 5.74) is 1.29. The van der Waals surface area contributed by atoms with E-state index < -0.39 is 6.04 Å². The molecule has 0 saturated carbocycles. The molecule has 0 heterocycles. The van der Waals surface area contributed by atoms with Gasteiger partial charge in [0, 0.05) is 10.6 Å². The van der Waals surface area contributed by atoms with Crippen molar-refractivity contribution in [2.75, 3.05) is 13.2 Å². The summed E-state index contributed by atoms with van der Waals surface area (Å²) in [6.07, 6.45) is 0. The third-order valence-corrected chi connectivity index (χ3v) is 2.30. The van der Waals surface area contributed by atoms with Gasteiger partial charge >= 0.3 is 0 Å². The molecule has 0 saturated heterocycles. The van der Waals surface area contributed by atoms with Crippen LogP contribution in [0.4, 0.5) is 0 Å². The molecule has 1 rings (SSSR count). The molecule has 0 aromatic heterocycles. The van der Waals surface area contributed by atoms with Crippen LogP contribution in [0.15, 0.2) is 18.2 Å². The van der Waals surface area contributed by atoms with Crippen LogP contribution in [0.2, 0.25) is 5.02 Å². The molecule has 0 atom stereocenters. The summed E-state index contributed by atoms with van der Waals surface area (Å²) in [5, 5.41) is 20.6. The summed E-state index contributed by atoms with van der Waals surface area (Å²) < 4.78 is 0. The molecule has 0 radical (unpaired) electrons. The summed E-state index contributed by atoms with van der Waals surface area (Å²) in [6.45, 7) is 1.22. The van der Waals surface area contributed by atoms with Crippen LogP contribution in [0.3, 0.4) is 0 Å². The average Bonchev–Trinajstić information content (AvgIpc) is 2.24. The first-order valence-electron chi connectivity index (χ1n) is 4.86. The highest BCUT2D eigenvalue weighted by Crippen LogP contribution is 2.14. The van der Waals surface area contributed by atoms with Crippen LogP contribution in [0.1, 0.15) is 15.9 Å². The van der Waals surface area contributed by atoms with Crippen molar-refractivity contribution >= 4 is 17.5 Å². The van der Waals surface area contributed by atoms with Crippen molar-refractivity contribution in [1.29, 1.82) is 0 Å². The van der Waals surface area contributed by atoms with Crippen molar-refractivity contribution in [1.82, 2.24) is 5.32 Å². The molecule has 88 valence electrons. The fourth-order valence-electron chi connectivity index (χ4n) is 1.29. The topological polar surface area (TPSA) is 69.6 Å². The first-order chi connectivity index (χ1) is 7.56. The minimum atomic E-state index is -0.646. The summed E-state index contributed by atoms with van der Waals surface area (Å²) in [6, 6.07) is 4.32. The third kappa shape index (κ3) is 3.48. The lowest BCUT2D eigenvalue weighted by Crippen LogP contribution is -2.40. The number of hydrogen-bond donors (Lipinski definition) is 3. The zero-order valence-corrected chi connectivity index (χ0v) is 9.66. The monoisotopic (exact) mass is 243 g/mol. The molecule has 0 bridgehead atoms. The van der Waals surface area contributed by atoms with Crippen LogP contribution < -0.4 is 5.32 Å². The number of carbonyl (C=O) groups excluding carboxylic acids is 1. The van der Waals surface area contributed by atoms with Gasteiger partial charge in [0.15, 0.2) is 0 Å². The number of amides is 1. The normalized spacial score (nSPS) is 10.6. The molecule has 16 heavy (non-hydrogen) atoms. The summed E-state index contributed by atoms with van der Waals surface area (Å²) in [7, 11) is 0. The van der Waals surface area contributed by atoms with Gasteiger partial charge in [-0.05, 0) is 30.7 Å². The Morgan fingerprint density at radius 1 is 1.38 bits per heavy atom. The molecule has 5 heteroatoms.